The van der Waals surface area contributed by atoms with E-state index in [2.05, 4.69) is 55.6 Å². The fourth-order valence-electron chi connectivity index (χ4n) is 3.35. The molecule has 0 aliphatic carbocycles. The van der Waals surface area contributed by atoms with Gasteiger partial charge in [-0.1, -0.05) is 42.5 Å². The molecule has 2 heterocycles. The first-order chi connectivity index (χ1) is 12.8. The molecule has 1 atom stereocenters. The van der Waals surface area contributed by atoms with Gasteiger partial charge in [0, 0.05) is 29.9 Å². The lowest BCUT2D eigenvalue weighted by Crippen LogP contribution is -2.35. The van der Waals surface area contributed by atoms with Gasteiger partial charge in [-0.05, 0) is 29.6 Å². The summed E-state index contributed by atoms with van der Waals surface area (Å²) >= 11 is 1.77. The molecule has 3 aromatic rings. The first-order valence-electron chi connectivity index (χ1n) is 8.77. The van der Waals surface area contributed by atoms with E-state index in [0.29, 0.717) is 0 Å². The minimum absolute atomic E-state index is 0.0509. The molecule has 1 aliphatic heterocycles. The number of aromatic nitrogens is 2. The molecule has 134 valence electrons. The van der Waals surface area contributed by atoms with E-state index in [1.165, 1.54) is 10.6 Å². The number of benzene rings is 2. The summed E-state index contributed by atoms with van der Waals surface area (Å²) in [5.41, 5.74) is 3.41. The Balaban J connectivity index is 1.64. The van der Waals surface area contributed by atoms with Crippen LogP contribution in [0.5, 0.6) is 0 Å². The standard InChI is InChI=1S/C20H22N4OS/c25-14-19(16-6-2-1-3-7-16)24-11-10-23(13-17-12-21-15-22-17)26-20-9-5-4-8-18(20)24/h1-9,12,15,19,25H,10-11,13-14H2,(H,21,22)/t19-/m1/s1. The second-order valence-corrected chi connectivity index (χ2v) is 7.44. The van der Waals surface area contributed by atoms with Crippen LogP contribution in [0.3, 0.4) is 0 Å². The molecule has 2 aromatic carbocycles. The zero-order valence-electron chi connectivity index (χ0n) is 14.5. The highest BCUT2D eigenvalue weighted by molar-refractivity contribution is 7.97. The van der Waals surface area contributed by atoms with Crippen molar-refractivity contribution >= 4 is 17.6 Å². The monoisotopic (exact) mass is 366 g/mol. The topological polar surface area (TPSA) is 55.4 Å². The third-order valence-corrected chi connectivity index (χ3v) is 5.74. The van der Waals surface area contributed by atoms with Crippen molar-refractivity contribution in [3.05, 3.63) is 78.4 Å². The number of aliphatic hydroxyl groups is 1. The summed E-state index contributed by atoms with van der Waals surface area (Å²) in [6.07, 6.45) is 3.59. The second-order valence-electron chi connectivity index (χ2n) is 6.30. The summed E-state index contributed by atoms with van der Waals surface area (Å²) in [4.78, 5) is 10.8. The molecule has 6 heteroatoms. The lowest BCUT2D eigenvalue weighted by atomic mass is 10.0. The molecule has 2 N–H and O–H groups in total. The highest BCUT2D eigenvalue weighted by Crippen LogP contribution is 2.39. The molecular formula is C20H22N4OS. The highest BCUT2D eigenvalue weighted by atomic mass is 32.2. The average Bonchev–Trinajstić information content (AvgIpc) is 3.12. The van der Waals surface area contributed by atoms with Crippen molar-refractivity contribution in [3.63, 3.8) is 0 Å². The van der Waals surface area contributed by atoms with Crippen molar-refractivity contribution in [3.8, 4) is 0 Å². The number of nitrogens with one attached hydrogen (secondary N) is 1. The number of nitrogens with zero attached hydrogens (tertiary/aromatic N) is 3. The molecule has 4 rings (SSSR count). The Morgan fingerprint density at radius 3 is 2.65 bits per heavy atom. The van der Waals surface area contributed by atoms with E-state index in [-0.39, 0.29) is 12.6 Å². The minimum atomic E-state index is -0.0509. The van der Waals surface area contributed by atoms with Gasteiger partial charge in [0.05, 0.1) is 31.2 Å². The van der Waals surface area contributed by atoms with Gasteiger partial charge in [0.2, 0.25) is 0 Å². The van der Waals surface area contributed by atoms with E-state index < -0.39 is 0 Å². The summed E-state index contributed by atoms with van der Waals surface area (Å²) < 4.78 is 2.34. The van der Waals surface area contributed by atoms with Crippen LogP contribution >= 0.6 is 11.9 Å². The van der Waals surface area contributed by atoms with Crippen LogP contribution in [0.2, 0.25) is 0 Å². The van der Waals surface area contributed by atoms with E-state index in [9.17, 15) is 5.11 Å². The number of hydrogen-bond acceptors (Lipinski definition) is 5. The largest absolute Gasteiger partial charge is 0.394 e. The molecule has 1 aliphatic rings. The van der Waals surface area contributed by atoms with Crippen LogP contribution in [-0.4, -0.2) is 39.1 Å². The van der Waals surface area contributed by atoms with Crippen molar-refractivity contribution in [2.75, 3.05) is 24.6 Å². The fourth-order valence-corrected chi connectivity index (χ4v) is 4.42. The first kappa shape index (κ1) is 17.1. The maximum atomic E-state index is 10.1. The molecular weight excluding hydrogens is 344 g/mol. The minimum Gasteiger partial charge on any atom is -0.394 e. The average molecular weight is 366 g/mol. The molecule has 0 saturated carbocycles. The van der Waals surface area contributed by atoms with Gasteiger partial charge in [-0.25, -0.2) is 9.29 Å². The Kier molecular flexibility index (Phi) is 5.24. The van der Waals surface area contributed by atoms with Crippen molar-refractivity contribution in [1.82, 2.24) is 14.3 Å². The molecule has 0 radical (unpaired) electrons. The molecule has 26 heavy (non-hydrogen) atoms. The molecule has 0 bridgehead atoms. The summed E-state index contributed by atoms with van der Waals surface area (Å²) in [5, 5.41) is 10.1. The van der Waals surface area contributed by atoms with Crippen molar-refractivity contribution in [1.29, 1.82) is 0 Å². The summed E-state index contributed by atoms with van der Waals surface area (Å²) in [6.45, 7) is 2.63. The number of H-pyrrole nitrogens is 1. The van der Waals surface area contributed by atoms with E-state index >= 15 is 0 Å². The van der Waals surface area contributed by atoms with Crippen LogP contribution in [0.1, 0.15) is 17.3 Å². The van der Waals surface area contributed by atoms with Crippen LogP contribution in [0.4, 0.5) is 5.69 Å². The first-order valence-corrected chi connectivity index (χ1v) is 9.54. The lowest BCUT2D eigenvalue weighted by molar-refractivity contribution is 0.259. The molecule has 0 unspecified atom stereocenters. The molecule has 0 spiro atoms. The Labute approximate surface area is 157 Å². The van der Waals surface area contributed by atoms with Gasteiger partial charge in [-0.15, -0.1) is 0 Å². The molecule has 5 nitrogen and oxygen atoms in total. The normalized spacial score (nSPS) is 16.1. The molecule has 0 amide bonds. The lowest BCUT2D eigenvalue weighted by Gasteiger charge is -2.32. The SMILES string of the molecule is OC[C@H](c1ccccc1)N1CCN(Cc2cnc[nH]2)Sc2ccccc21. The number of hydrogen-bond donors (Lipinski definition) is 2. The van der Waals surface area contributed by atoms with Gasteiger partial charge < -0.3 is 15.0 Å². The number of aromatic amines is 1. The Morgan fingerprint density at radius 2 is 1.88 bits per heavy atom. The smallest absolute Gasteiger partial charge is 0.0922 e. The molecule has 1 aromatic heterocycles. The van der Waals surface area contributed by atoms with Gasteiger partial charge >= 0.3 is 0 Å². The Bertz CT molecular complexity index is 825. The van der Waals surface area contributed by atoms with Gasteiger partial charge in [0.1, 0.15) is 0 Å². The summed E-state index contributed by atoms with van der Waals surface area (Å²) in [6, 6.07) is 18.6. The van der Waals surface area contributed by atoms with Gasteiger partial charge in [-0.2, -0.15) is 0 Å². The summed E-state index contributed by atoms with van der Waals surface area (Å²) in [5.74, 6) is 0. The third-order valence-electron chi connectivity index (χ3n) is 4.63. The second kappa shape index (κ2) is 7.95. The predicted molar refractivity (Wildman–Crippen MR) is 105 cm³/mol. The van der Waals surface area contributed by atoms with Crippen LogP contribution < -0.4 is 4.90 Å². The van der Waals surface area contributed by atoms with E-state index in [1.54, 1.807) is 18.3 Å². The fraction of sp³-hybridized carbons (Fsp3) is 0.250. The maximum Gasteiger partial charge on any atom is 0.0922 e. The predicted octanol–water partition coefficient (Wildman–Crippen LogP) is 3.47. The van der Waals surface area contributed by atoms with E-state index in [0.717, 1.165) is 30.9 Å². The number of fused-ring (bicyclic) bond motifs is 1. The van der Waals surface area contributed by atoms with Crippen LogP contribution in [0.15, 0.2) is 72.0 Å². The number of imidazole rings is 1. The van der Waals surface area contributed by atoms with E-state index in [1.807, 2.05) is 24.4 Å². The number of rotatable bonds is 5. The van der Waals surface area contributed by atoms with Crippen molar-refractivity contribution in [2.45, 2.75) is 17.5 Å². The van der Waals surface area contributed by atoms with Gasteiger partial charge in [0.15, 0.2) is 0 Å². The highest BCUT2D eigenvalue weighted by Gasteiger charge is 2.26. The Morgan fingerprint density at radius 1 is 1.08 bits per heavy atom. The number of aliphatic hydroxyl groups excluding tert-OH is 1. The van der Waals surface area contributed by atoms with E-state index in [4.69, 9.17) is 0 Å². The third kappa shape index (κ3) is 3.62. The number of para-hydroxylation sites is 1. The van der Waals surface area contributed by atoms with Crippen LogP contribution in [0, 0.1) is 0 Å². The van der Waals surface area contributed by atoms with Crippen LogP contribution in [-0.2, 0) is 6.54 Å². The number of anilines is 1. The van der Waals surface area contributed by atoms with Gasteiger partial charge in [0.25, 0.3) is 0 Å². The van der Waals surface area contributed by atoms with Crippen LogP contribution in [0.25, 0.3) is 0 Å². The van der Waals surface area contributed by atoms with Gasteiger partial charge in [-0.3, -0.25) is 0 Å². The molecule has 0 fully saturated rings. The Hall–Kier alpha value is -2.28. The van der Waals surface area contributed by atoms with Crippen molar-refractivity contribution in [2.24, 2.45) is 0 Å². The quantitative estimate of drug-likeness (QED) is 0.677. The maximum absolute atomic E-state index is 10.1. The van der Waals surface area contributed by atoms with Crippen molar-refractivity contribution < 1.29 is 5.11 Å². The zero-order valence-corrected chi connectivity index (χ0v) is 15.3. The summed E-state index contributed by atoms with van der Waals surface area (Å²) in [7, 11) is 0. The molecule has 0 saturated heterocycles. The zero-order chi connectivity index (χ0) is 17.8.